The molecule has 1 atom stereocenters. The van der Waals surface area contributed by atoms with Crippen LogP contribution >= 0.6 is 34.5 Å². The lowest BCUT2D eigenvalue weighted by molar-refractivity contribution is -0.145. The van der Waals surface area contributed by atoms with Gasteiger partial charge in [0.15, 0.2) is 6.61 Å². The minimum atomic E-state index is -3.96. The fourth-order valence-electron chi connectivity index (χ4n) is 2.07. The molecule has 10 heteroatoms. The Bertz CT molecular complexity index is 923. The summed E-state index contributed by atoms with van der Waals surface area (Å²) in [5.41, 5.74) is 0. The first kappa shape index (κ1) is 21.8. The van der Waals surface area contributed by atoms with Gasteiger partial charge in [-0.15, -0.1) is 11.3 Å². The number of Topliss-reactive ketones (excluding diaryl/α,β-unsaturated/α-hetero) is 1. The maximum atomic E-state index is 12.5. The number of hydrogen-bond donors (Lipinski definition) is 1. The van der Waals surface area contributed by atoms with Crippen molar-refractivity contribution in [3.63, 3.8) is 0 Å². The molecule has 146 valence electrons. The summed E-state index contributed by atoms with van der Waals surface area (Å²) in [6.45, 7) is 2.83. The van der Waals surface area contributed by atoms with Crippen LogP contribution in [0.1, 0.15) is 23.5 Å². The average Bonchev–Trinajstić information content (AvgIpc) is 3.04. The molecular weight excluding hydrogens is 433 g/mol. The number of hydrogen-bond acceptors (Lipinski definition) is 6. The summed E-state index contributed by atoms with van der Waals surface area (Å²) < 4.78 is 32.8. The molecule has 0 unspecified atom stereocenters. The van der Waals surface area contributed by atoms with Crippen LogP contribution in [0.5, 0.6) is 0 Å². The highest BCUT2D eigenvalue weighted by atomic mass is 35.5. The van der Waals surface area contributed by atoms with E-state index in [0.29, 0.717) is 14.2 Å². The van der Waals surface area contributed by atoms with Crippen LogP contribution in [0.3, 0.4) is 0 Å². The number of halogens is 2. The normalized spacial score (nSPS) is 12.8. The maximum Gasteiger partial charge on any atom is 0.324 e. The van der Waals surface area contributed by atoms with Crippen molar-refractivity contribution >= 4 is 56.3 Å². The summed E-state index contributed by atoms with van der Waals surface area (Å²) in [6, 6.07) is 7.48. The lowest BCUT2D eigenvalue weighted by Gasteiger charge is -2.20. The summed E-state index contributed by atoms with van der Waals surface area (Å²) in [4.78, 5) is 24.7. The molecule has 2 aromatic rings. The third kappa shape index (κ3) is 6.02. The topological polar surface area (TPSA) is 89.5 Å². The molecule has 1 N–H and O–H groups in total. The predicted octanol–water partition coefficient (Wildman–Crippen LogP) is 3.78. The molecule has 0 saturated carbocycles. The van der Waals surface area contributed by atoms with Crippen LogP contribution in [0.25, 0.3) is 0 Å². The summed E-state index contributed by atoms with van der Waals surface area (Å²) >= 11 is 12.6. The van der Waals surface area contributed by atoms with E-state index < -0.39 is 40.3 Å². The Balaban J connectivity index is 2.06. The molecule has 0 fully saturated rings. The van der Waals surface area contributed by atoms with Gasteiger partial charge in [-0.05, 0) is 42.3 Å². The average molecular weight is 450 g/mol. The van der Waals surface area contributed by atoms with Crippen molar-refractivity contribution < 1.29 is 22.7 Å². The zero-order valence-electron chi connectivity index (χ0n) is 14.4. The molecule has 1 aromatic heterocycles. The number of ketones is 1. The molecule has 0 radical (unpaired) electrons. The van der Waals surface area contributed by atoms with Crippen LogP contribution in [-0.2, 0) is 19.6 Å². The third-order valence-corrected chi connectivity index (χ3v) is 6.50. The van der Waals surface area contributed by atoms with E-state index in [9.17, 15) is 18.0 Å². The highest BCUT2D eigenvalue weighted by Crippen LogP contribution is 2.22. The van der Waals surface area contributed by atoms with Crippen molar-refractivity contribution in [2.45, 2.75) is 24.8 Å². The van der Waals surface area contributed by atoms with E-state index in [1.165, 1.54) is 30.3 Å². The smallest absolute Gasteiger partial charge is 0.324 e. The molecule has 6 nitrogen and oxygen atoms in total. The van der Waals surface area contributed by atoms with Crippen molar-refractivity contribution in [1.29, 1.82) is 0 Å². The van der Waals surface area contributed by atoms with Gasteiger partial charge >= 0.3 is 5.97 Å². The maximum absolute atomic E-state index is 12.5. The van der Waals surface area contributed by atoms with Gasteiger partial charge in [0.25, 0.3) is 0 Å². The number of benzene rings is 1. The van der Waals surface area contributed by atoms with Gasteiger partial charge in [0, 0.05) is 5.02 Å². The van der Waals surface area contributed by atoms with E-state index in [1.54, 1.807) is 19.9 Å². The molecule has 2 rings (SSSR count). The molecule has 0 aliphatic heterocycles. The summed E-state index contributed by atoms with van der Waals surface area (Å²) in [7, 11) is -3.96. The largest absolute Gasteiger partial charge is 0.456 e. The molecule has 27 heavy (non-hydrogen) atoms. The number of esters is 1. The van der Waals surface area contributed by atoms with E-state index in [2.05, 4.69) is 4.72 Å². The minimum absolute atomic E-state index is 0.0327. The molecule has 0 aliphatic rings. The summed E-state index contributed by atoms with van der Waals surface area (Å²) in [5.74, 6) is -1.65. The van der Waals surface area contributed by atoms with Crippen molar-refractivity contribution in [1.82, 2.24) is 4.72 Å². The van der Waals surface area contributed by atoms with Crippen molar-refractivity contribution in [3.8, 4) is 0 Å². The van der Waals surface area contributed by atoms with Crippen molar-refractivity contribution in [2.75, 3.05) is 6.61 Å². The molecule has 0 saturated heterocycles. The Morgan fingerprint density at radius 3 is 2.26 bits per heavy atom. The Kier molecular flexibility index (Phi) is 7.41. The Hall–Kier alpha value is -1.45. The van der Waals surface area contributed by atoms with Gasteiger partial charge in [0.05, 0.1) is 14.1 Å². The summed E-state index contributed by atoms with van der Waals surface area (Å²) in [6.07, 6.45) is 0. The number of thiophene rings is 1. The Morgan fingerprint density at radius 2 is 1.74 bits per heavy atom. The Morgan fingerprint density at radius 1 is 1.11 bits per heavy atom. The van der Waals surface area contributed by atoms with Crippen LogP contribution in [-0.4, -0.2) is 32.8 Å². The van der Waals surface area contributed by atoms with Crippen LogP contribution in [0.15, 0.2) is 41.3 Å². The van der Waals surface area contributed by atoms with Gasteiger partial charge in [-0.2, -0.15) is 4.72 Å². The molecule has 0 bridgehead atoms. The van der Waals surface area contributed by atoms with Gasteiger partial charge in [-0.1, -0.05) is 37.0 Å². The Labute approximate surface area is 171 Å². The second-order valence-electron chi connectivity index (χ2n) is 5.93. The standard InChI is InChI=1S/C17H17Cl2NO5S2/c1-10(2)16(20-27(23,24)12-5-3-11(18)4-6-12)17(22)25-9-13(21)14-7-8-15(19)26-14/h3-8,10,16,20H,9H2,1-2H3/t16-/m1/s1. The molecule has 0 amide bonds. The first-order chi connectivity index (χ1) is 12.6. The highest BCUT2D eigenvalue weighted by molar-refractivity contribution is 7.89. The van der Waals surface area contributed by atoms with Gasteiger partial charge < -0.3 is 4.74 Å². The summed E-state index contributed by atoms with van der Waals surface area (Å²) in [5, 5.41) is 0.390. The van der Waals surface area contributed by atoms with Crippen LogP contribution in [0.4, 0.5) is 0 Å². The van der Waals surface area contributed by atoms with Gasteiger partial charge in [-0.3, -0.25) is 9.59 Å². The van der Waals surface area contributed by atoms with Gasteiger partial charge in [-0.25, -0.2) is 8.42 Å². The van der Waals surface area contributed by atoms with E-state index >= 15 is 0 Å². The molecule has 0 spiro atoms. The zero-order valence-corrected chi connectivity index (χ0v) is 17.6. The minimum Gasteiger partial charge on any atom is -0.456 e. The fraction of sp³-hybridized carbons (Fsp3) is 0.294. The SMILES string of the molecule is CC(C)[C@@H](NS(=O)(=O)c1ccc(Cl)cc1)C(=O)OCC(=O)c1ccc(Cl)s1. The van der Waals surface area contributed by atoms with E-state index in [0.717, 1.165) is 11.3 Å². The number of carbonyl (C=O) groups is 2. The van der Waals surface area contributed by atoms with Gasteiger partial charge in [0.2, 0.25) is 15.8 Å². The first-order valence-electron chi connectivity index (χ1n) is 7.83. The third-order valence-electron chi connectivity index (χ3n) is 3.52. The quantitative estimate of drug-likeness (QED) is 0.488. The number of nitrogens with one attached hydrogen (secondary N) is 1. The lowest BCUT2D eigenvalue weighted by atomic mass is 10.1. The van der Waals surface area contributed by atoms with Crippen molar-refractivity contribution in [3.05, 3.63) is 50.6 Å². The molecule has 1 aromatic carbocycles. The number of sulfonamides is 1. The molecule has 1 heterocycles. The number of ether oxygens (including phenoxy) is 1. The predicted molar refractivity (Wildman–Crippen MR) is 105 cm³/mol. The monoisotopic (exact) mass is 449 g/mol. The molecular formula is C17H17Cl2NO5S2. The van der Waals surface area contributed by atoms with Gasteiger partial charge in [0.1, 0.15) is 6.04 Å². The molecule has 0 aliphatic carbocycles. The van der Waals surface area contributed by atoms with E-state index in [-0.39, 0.29) is 4.90 Å². The van der Waals surface area contributed by atoms with Crippen molar-refractivity contribution in [2.24, 2.45) is 5.92 Å². The fourth-order valence-corrected chi connectivity index (χ4v) is 4.49. The lowest BCUT2D eigenvalue weighted by Crippen LogP contribution is -2.45. The van der Waals surface area contributed by atoms with E-state index in [1.807, 2.05) is 0 Å². The second-order valence-corrected chi connectivity index (χ2v) is 9.80. The van der Waals surface area contributed by atoms with Crippen LogP contribution in [0, 0.1) is 5.92 Å². The zero-order chi connectivity index (χ0) is 20.2. The van der Waals surface area contributed by atoms with Crippen LogP contribution in [0.2, 0.25) is 9.36 Å². The van der Waals surface area contributed by atoms with E-state index in [4.69, 9.17) is 27.9 Å². The highest BCUT2D eigenvalue weighted by Gasteiger charge is 2.30. The number of carbonyl (C=O) groups excluding carboxylic acids is 2. The van der Waals surface area contributed by atoms with Crippen LogP contribution < -0.4 is 4.72 Å². The first-order valence-corrected chi connectivity index (χ1v) is 10.9. The second kappa shape index (κ2) is 9.16. The number of rotatable bonds is 8.